The summed E-state index contributed by atoms with van der Waals surface area (Å²) in [6.07, 6.45) is 2.34. The Hall–Kier alpha value is -0.610. The van der Waals surface area contributed by atoms with E-state index < -0.39 is 0 Å². The average molecular weight is 318 g/mol. The van der Waals surface area contributed by atoms with Gasteiger partial charge in [-0.05, 0) is 37.0 Å². The summed E-state index contributed by atoms with van der Waals surface area (Å²) in [5.74, 6) is 1.19. The summed E-state index contributed by atoms with van der Waals surface area (Å²) < 4.78 is 5.18. The smallest absolute Gasteiger partial charge is 0.306 e. The molecule has 1 rings (SSSR count). The molecule has 4 heteroatoms. The molecule has 0 aliphatic carbocycles. The Morgan fingerprint density at radius 1 is 1.23 bits per heavy atom. The van der Waals surface area contributed by atoms with Crippen LogP contribution in [0.3, 0.4) is 0 Å². The zero-order valence-corrected chi connectivity index (χ0v) is 14.5. The average Bonchev–Trinajstić information content (AvgIpc) is 2.37. The predicted molar refractivity (Wildman–Crippen MR) is 91.6 cm³/mol. The molecule has 2 N–H and O–H groups in total. The second kappa shape index (κ2) is 11.9. The van der Waals surface area contributed by atoms with Gasteiger partial charge in [0.05, 0.1) is 12.2 Å². The summed E-state index contributed by atoms with van der Waals surface area (Å²) in [5, 5.41) is 18.4. The van der Waals surface area contributed by atoms with Gasteiger partial charge in [-0.1, -0.05) is 49.0 Å². The van der Waals surface area contributed by atoms with Gasteiger partial charge in [-0.3, -0.25) is 4.79 Å². The number of ether oxygens (including phenoxy) is 1. The van der Waals surface area contributed by atoms with Crippen LogP contribution < -0.4 is 0 Å². The van der Waals surface area contributed by atoms with Crippen molar-refractivity contribution in [1.29, 1.82) is 0 Å². The molecule has 4 atom stereocenters. The van der Waals surface area contributed by atoms with Crippen LogP contribution in [0.4, 0.5) is 0 Å². The number of carbonyl (C=O) groups excluding carboxylic acids is 1. The highest BCUT2D eigenvalue weighted by Gasteiger charge is 2.27. The molecule has 0 unspecified atom stereocenters. The first-order chi connectivity index (χ1) is 9.67. The molecule has 134 valence electrons. The molecule has 1 aliphatic heterocycles. The Labute approximate surface area is 137 Å². The number of aliphatic hydroxyl groups excluding tert-OH is 2. The van der Waals surface area contributed by atoms with Crippen LogP contribution in [0.15, 0.2) is 0 Å². The van der Waals surface area contributed by atoms with Crippen LogP contribution in [0.25, 0.3) is 0 Å². The van der Waals surface area contributed by atoms with Gasteiger partial charge in [0.15, 0.2) is 0 Å². The quantitative estimate of drug-likeness (QED) is 0.757. The van der Waals surface area contributed by atoms with E-state index in [-0.39, 0.29) is 37.6 Å². The number of hydrogen-bond acceptors (Lipinski definition) is 4. The van der Waals surface area contributed by atoms with Crippen LogP contribution >= 0.6 is 0 Å². The molecule has 0 aromatic rings. The largest absolute Gasteiger partial charge is 0.462 e. The maximum absolute atomic E-state index is 11.0. The second-order valence-corrected chi connectivity index (χ2v) is 6.93. The van der Waals surface area contributed by atoms with Gasteiger partial charge in [-0.15, -0.1) is 0 Å². The van der Waals surface area contributed by atoms with Crippen molar-refractivity contribution < 1.29 is 19.7 Å². The van der Waals surface area contributed by atoms with Crippen molar-refractivity contribution in [1.82, 2.24) is 0 Å². The molecule has 1 saturated heterocycles. The first-order valence-corrected chi connectivity index (χ1v) is 8.22. The number of aliphatic hydroxyl groups is 2. The maximum Gasteiger partial charge on any atom is 0.306 e. The fourth-order valence-corrected chi connectivity index (χ4v) is 2.16. The van der Waals surface area contributed by atoms with E-state index in [1.807, 2.05) is 20.8 Å². The Balaban J connectivity index is 0. The van der Waals surface area contributed by atoms with Gasteiger partial charge in [0.2, 0.25) is 0 Å². The lowest BCUT2D eigenvalue weighted by atomic mass is 9.91. The van der Waals surface area contributed by atoms with Gasteiger partial charge in [-0.25, -0.2) is 0 Å². The SMILES string of the molecule is C.CC(C)[C@@H]1C[C@@H](C)CC(=O)O1.CC[C@H](O)C[C@H](O)C(C)C. The van der Waals surface area contributed by atoms with Crippen LogP contribution in [-0.4, -0.2) is 34.5 Å². The molecule has 0 bridgehead atoms. The molecule has 0 radical (unpaired) electrons. The third kappa shape index (κ3) is 10.2. The summed E-state index contributed by atoms with van der Waals surface area (Å²) in [6, 6.07) is 0. The fraction of sp³-hybridized carbons (Fsp3) is 0.944. The topological polar surface area (TPSA) is 66.8 Å². The van der Waals surface area contributed by atoms with Crippen LogP contribution in [0.5, 0.6) is 0 Å². The zero-order chi connectivity index (χ0) is 16.6. The Kier molecular flexibility index (Phi) is 12.8. The van der Waals surface area contributed by atoms with E-state index in [9.17, 15) is 9.90 Å². The van der Waals surface area contributed by atoms with Crippen LogP contribution in [0, 0.1) is 17.8 Å². The van der Waals surface area contributed by atoms with E-state index in [1.54, 1.807) is 0 Å². The van der Waals surface area contributed by atoms with E-state index in [1.165, 1.54) is 0 Å². The Morgan fingerprint density at radius 2 is 1.77 bits per heavy atom. The first-order valence-electron chi connectivity index (χ1n) is 8.22. The van der Waals surface area contributed by atoms with Gasteiger partial charge < -0.3 is 14.9 Å². The highest BCUT2D eigenvalue weighted by Crippen LogP contribution is 2.24. The molecule has 0 spiro atoms. The lowest BCUT2D eigenvalue weighted by Gasteiger charge is -2.29. The highest BCUT2D eigenvalue weighted by molar-refractivity contribution is 5.70. The maximum atomic E-state index is 11.0. The number of rotatable bonds is 5. The Bertz CT molecular complexity index is 289. The fourth-order valence-electron chi connectivity index (χ4n) is 2.16. The van der Waals surface area contributed by atoms with E-state index in [2.05, 4.69) is 20.8 Å². The number of hydrogen-bond donors (Lipinski definition) is 2. The third-order valence-electron chi connectivity index (χ3n) is 3.93. The van der Waals surface area contributed by atoms with Crippen molar-refractivity contribution in [2.45, 2.75) is 93.0 Å². The monoisotopic (exact) mass is 318 g/mol. The van der Waals surface area contributed by atoms with Crippen LogP contribution in [-0.2, 0) is 9.53 Å². The normalized spacial score (nSPS) is 24.0. The first kappa shape index (κ1) is 23.7. The van der Waals surface area contributed by atoms with Crippen molar-refractivity contribution in [2.75, 3.05) is 0 Å². The van der Waals surface area contributed by atoms with E-state index in [0.29, 0.717) is 24.7 Å². The van der Waals surface area contributed by atoms with E-state index in [4.69, 9.17) is 9.84 Å². The van der Waals surface area contributed by atoms with Crippen molar-refractivity contribution in [3.05, 3.63) is 0 Å². The van der Waals surface area contributed by atoms with Crippen molar-refractivity contribution in [2.24, 2.45) is 17.8 Å². The predicted octanol–water partition coefficient (Wildman–Crippen LogP) is 3.78. The summed E-state index contributed by atoms with van der Waals surface area (Å²) in [6.45, 7) is 12.1. The molecule has 1 fully saturated rings. The van der Waals surface area contributed by atoms with Crippen molar-refractivity contribution in [3.8, 4) is 0 Å². The minimum atomic E-state index is -0.352. The molecule has 0 aromatic carbocycles. The van der Waals surface area contributed by atoms with Crippen molar-refractivity contribution in [3.63, 3.8) is 0 Å². The molecular weight excluding hydrogens is 280 g/mol. The summed E-state index contributed by atoms with van der Waals surface area (Å²) in [7, 11) is 0. The van der Waals surface area contributed by atoms with Crippen molar-refractivity contribution >= 4 is 5.97 Å². The standard InChI is InChI=1S/C9H16O2.C8H18O2.CH4/c1-6(2)8-4-7(3)5-9(10)11-8;1-4-7(9)5-8(10)6(2)3;/h6-8H,4-5H2,1-3H3;6-10H,4-5H2,1-3H3;1H4/t7-,8+;7-,8-;/m10./s1. The molecule has 22 heavy (non-hydrogen) atoms. The number of esters is 1. The highest BCUT2D eigenvalue weighted by atomic mass is 16.5. The van der Waals surface area contributed by atoms with Gasteiger partial charge in [0, 0.05) is 6.42 Å². The molecule has 1 aliphatic rings. The second-order valence-electron chi connectivity index (χ2n) is 6.93. The molecule has 0 aromatic heterocycles. The summed E-state index contributed by atoms with van der Waals surface area (Å²) in [5.41, 5.74) is 0. The lowest BCUT2D eigenvalue weighted by Crippen LogP contribution is -2.31. The van der Waals surface area contributed by atoms with E-state index >= 15 is 0 Å². The van der Waals surface area contributed by atoms with Gasteiger partial charge >= 0.3 is 5.97 Å². The summed E-state index contributed by atoms with van der Waals surface area (Å²) >= 11 is 0. The molecule has 0 amide bonds. The minimum absolute atomic E-state index is 0. The van der Waals surface area contributed by atoms with Gasteiger partial charge in [0.25, 0.3) is 0 Å². The molecule has 1 heterocycles. The Morgan fingerprint density at radius 3 is 2.14 bits per heavy atom. The van der Waals surface area contributed by atoms with Crippen LogP contribution in [0.2, 0.25) is 0 Å². The lowest BCUT2D eigenvalue weighted by molar-refractivity contribution is -0.159. The minimum Gasteiger partial charge on any atom is -0.462 e. The molecular formula is C18H38O4. The number of carbonyl (C=O) groups is 1. The third-order valence-corrected chi connectivity index (χ3v) is 3.93. The van der Waals surface area contributed by atoms with Gasteiger partial charge in [-0.2, -0.15) is 0 Å². The molecule has 0 saturated carbocycles. The molecule has 4 nitrogen and oxygen atoms in total. The summed E-state index contributed by atoms with van der Waals surface area (Å²) in [4.78, 5) is 11.0. The number of cyclic esters (lactones) is 1. The zero-order valence-electron chi connectivity index (χ0n) is 14.5. The van der Waals surface area contributed by atoms with Crippen LogP contribution in [0.1, 0.15) is 74.7 Å². The van der Waals surface area contributed by atoms with E-state index in [0.717, 1.165) is 12.8 Å². The van der Waals surface area contributed by atoms with Gasteiger partial charge in [0.1, 0.15) is 6.10 Å².